The molecule has 0 atom stereocenters. The summed E-state index contributed by atoms with van der Waals surface area (Å²) in [5, 5.41) is 3.14. The number of amides is 2. The maximum Gasteiger partial charge on any atom is 0.251 e. The van der Waals surface area contributed by atoms with Gasteiger partial charge in [0, 0.05) is 43.5 Å². The summed E-state index contributed by atoms with van der Waals surface area (Å²) in [6, 6.07) is 4.12. The maximum atomic E-state index is 13.0. The zero-order chi connectivity index (χ0) is 22.8. The molecule has 0 bridgehead atoms. The van der Waals surface area contributed by atoms with Crippen LogP contribution in [0, 0.1) is 6.92 Å². The molecule has 174 valence electrons. The van der Waals surface area contributed by atoms with Gasteiger partial charge in [-0.3, -0.25) is 18.9 Å². The monoisotopic (exact) mass is 440 g/mol. The highest BCUT2D eigenvalue weighted by Gasteiger charge is 2.31. The molecule has 7 heteroatoms. The van der Waals surface area contributed by atoms with Gasteiger partial charge in [0.05, 0.1) is 5.69 Å². The summed E-state index contributed by atoms with van der Waals surface area (Å²) in [4.78, 5) is 32.8. The van der Waals surface area contributed by atoms with Gasteiger partial charge in [-0.05, 0) is 50.7 Å². The van der Waals surface area contributed by atoms with Crippen LogP contribution in [0.15, 0.2) is 12.1 Å². The summed E-state index contributed by atoms with van der Waals surface area (Å²) in [7, 11) is 0. The molecule has 1 N–H and O–H groups in total. The number of anilines is 1. The first-order valence-corrected chi connectivity index (χ1v) is 12.1. The van der Waals surface area contributed by atoms with Crippen molar-refractivity contribution in [2.45, 2.75) is 90.6 Å². The lowest BCUT2D eigenvalue weighted by Crippen LogP contribution is -2.41. The van der Waals surface area contributed by atoms with E-state index in [1.54, 1.807) is 6.92 Å². The Bertz CT molecular complexity index is 985. The number of aromatic nitrogens is 2. The molecule has 2 amide bonds. The average molecular weight is 441 g/mol. The van der Waals surface area contributed by atoms with Crippen LogP contribution in [-0.2, 0) is 9.53 Å². The number of hydrogen-bond acceptors (Lipinski definition) is 4. The lowest BCUT2D eigenvalue weighted by molar-refractivity contribution is -0.117. The van der Waals surface area contributed by atoms with Crippen LogP contribution in [0.3, 0.4) is 0 Å². The van der Waals surface area contributed by atoms with Crippen LogP contribution < -0.4 is 10.2 Å². The Morgan fingerprint density at radius 3 is 2.44 bits per heavy atom. The quantitative estimate of drug-likeness (QED) is 0.749. The van der Waals surface area contributed by atoms with E-state index >= 15 is 0 Å². The van der Waals surface area contributed by atoms with E-state index in [0.717, 1.165) is 61.4 Å². The third-order valence-corrected chi connectivity index (χ3v) is 6.78. The van der Waals surface area contributed by atoms with Gasteiger partial charge >= 0.3 is 0 Å². The van der Waals surface area contributed by atoms with Crippen molar-refractivity contribution in [1.29, 1.82) is 0 Å². The number of nitrogens with one attached hydrogen (secondary N) is 1. The standard InChI is InChI=1S/C25H36N4O3/c1-16(2)23-25(29(18(4)30)21-8-6-5-7-9-21)28-17(3)14-19(15-22(28)27-23)24(31)26-20-10-12-32-13-11-20/h14-16,20-21H,5-13H2,1-4H3,(H,26,31). The Balaban J connectivity index is 1.75. The summed E-state index contributed by atoms with van der Waals surface area (Å²) < 4.78 is 7.46. The van der Waals surface area contributed by atoms with Gasteiger partial charge in [0.25, 0.3) is 5.91 Å². The predicted molar refractivity (Wildman–Crippen MR) is 125 cm³/mol. The van der Waals surface area contributed by atoms with E-state index < -0.39 is 0 Å². The summed E-state index contributed by atoms with van der Waals surface area (Å²) in [6.07, 6.45) is 7.26. The van der Waals surface area contributed by atoms with Crippen LogP contribution in [0.5, 0.6) is 0 Å². The second-order valence-electron chi connectivity index (χ2n) is 9.60. The lowest BCUT2D eigenvalue weighted by atomic mass is 9.93. The molecule has 7 nitrogen and oxygen atoms in total. The second kappa shape index (κ2) is 9.61. The summed E-state index contributed by atoms with van der Waals surface area (Å²) in [5.74, 6) is 1.02. The smallest absolute Gasteiger partial charge is 0.251 e. The van der Waals surface area contributed by atoms with E-state index in [-0.39, 0.29) is 29.8 Å². The third-order valence-electron chi connectivity index (χ3n) is 6.78. The molecule has 1 saturated heterocycles. The van der Waals surface area contributed by atoms with Gasteiger partial charge < -0.3 is 10.1 Å². The minimum atomic E-state index is -0.0751. The van der Waals surface area contributed by atoms with Crippen LogP contribution in [0.1, 0.15) is 93.4 Å². The molecule has 4 rings (SSSR count). The van der Waals surface area contributed by atoms with Gasteiger partial charge in [0.1, 0.15) is 11.5 Å². The molecule has 2 aromatic rings. The Morgan fingerprint density at radius 2 is 1.81 bits per heavy atom. The van der Waals surface area contributed by atoms with Crippen molar-refractivity contribution in [3.8, 4) is 0 Å². The molecular weight excluding hydrogens is 404 g/mol. The zero-order valence-electron chi connectivity index (χ0n) is 19.8. The molecule has 1 saturated carbocycles. The number of imidazole rings is 1. The van der Waals surface area contributed by atoms with Gasteiger partial charge in [0.2, 0.25) is 5.91 Å². The van der Waals surface area contributed by atoms with Crippen LogP contribution in [0.2, 0.25) is 0 Å². The second-order valence-corrected chi connectivity index (χ2v) is 9.60. The number of hydrogen-bond donors (Lipinski definition) is 1. The third kappa shape index (κ3) is 4.53. The molecule has 2 fully saturated rings. The van der Waals surface area contributed by atoms with E-state index in [0.29, 0.717) is 18.8 Å². The first kappa shape index (κ1) is 22.8. The Morgan fingerprint density at radius 1 is 1.12 bits per heavy atom. The molecule has 1 aliphatic carbocycles. The molecule has 0 spiro atoms. The number of carbonyl (C=O) groups excluding carboxylic acids is 2. The van der Waals surface area contributed by atoms with Crippen LogP contribution in [0.4, 0.5) is 5.82 Å². The minimum absolute atomic E-state index is 0.0568. The fourth-order valence-corrected chi connectivity index (χ4v) is 5.14. The van der Waals surface area contributed by atoms with Crippen molar-refractivity contribution in [1.82, 2.24) is 14.7 Å². The lowest BCUT2D eigenvalue weighted by Gasteiger charge is -2.34. The fraction of sp³-hybridized carbons (Fsp3) is 0.640. The van der Waals surface area contributed by atoms with Crippen molar-refractivity contribution in [2.75, 3.05) is 18.1 Å². The zero-order valence-corrected chi connectivity index (χ0v) is 19.8. The topological polar surface area (TPSA) is 75.9 Å². The van der Waals surface area contributed by atoms with E-state index in [1.807, 2.05) is 24.0 Å². The van der Waals surface area contributed by atoms with E-state index in [2.05, 4.69) is 23.6 Å². The van der Waals surface area contributed by atoms with Crippen molar-refractivity contribution >= 4 is 23.3 Å². The largest absolute Gasteiger partial charge is 0.381 e. The van der Waals surface area contributed by atoms with Crippen molar-refractivity contribution in [2.24, 2.45) is 0 Å². The first-order valence-electron chi connectivity index (χ1n) is 12.1. The molecule has 3 heterocycles. The van der Waals surface area contributed by atoms with E-state index in [9.17, 15) is 9.59 Å². The number of carbonyl (C=O) groups is 2. The molecule has 2 aromatic heterocycles. The Kier molecular flexibility index (Phi) is 6.84. The van der Waals surface area contributed by atoms with Gasteiger partial charge in [-0.15, -0.1) is 0 Å². The van der Waals surface area contributed by atoms with Gasteiger partial charge in [-0.2, -0.15) is 0 Å². The van der Waals surface area contributed by atoms with Crippen molar-refractivity contribution < 1.29 is 14.3 Å². The average Bonchev–Trinajstić information content (AvgIpc) is 3.15. The van der Waals surface area contributed by atoms with E-state index in [1.165, 1.54) is 6.42 Å². The summed E-state index contributed by atoms with van der Waals surface area (Å²) >= 11 is 0. The highest BCUT2D eigenvalue weighted by Crippen LogP contribution is 2.35. The molecule has 2 aliphatic rings. The van der Waals surface area contributed by atoms with Gasteiger partial charge in [-0.1, -0.05) is 33.1 Å². The minimum Gasteiger partial charge on any atom is -0.381 e. The van der Waals surface area contributed by atoms with Crippen molar-refractivity contribution in [3.63, 3.8) is 0 Å². The molecular formula is C25H36N4O3. The predicted octanol–water partition coefficient (Wildman–Crippen LogP) is 4.36. The number of fused-ring (bicyclic) bond motifs is 1. The molecule has 0 unspecified atom stereocenters. The number of ether oxygens (including phenoxy) is 1. The number of nitrogens with zero attached hydrogens (tertiary/aromatic N) is 3. The maximum absolute atomic E-state index is 13.0. The number of pyridine rings is 1. The summed E-state index contributed by atoms with van der Waals surface area (Å²) in [6.45, 7) is 9.24. The fourth-order valence-electron chi connectivity index (χ4n) is 5.14. The molecule has 32 heavy (non-hydrogen) atoms. The summed E-state index contributed by atoms with van der Waals surface area (Å²) in [5.41, 5.74) is 3.16. The Hall–Kier alpha value is -2.41. The van der Waals surface area contributed by atoms with Crippen LogP contribution in [0.25, 0.3) is 5.65 Å². The number of aryl methyl sites for hydroxylation is 1. The molecule has 0 radical (unpaired) electrons. The molecule has 1 aliphatic heterocycles. The van der Waals surface area contributed by atoms with E-state index in [4.69, 9.17) is 9.72 Å². The SMILES string of the molecule is CC(=O)N(c1c(C(C)C)nc2cc(C(=O)NC3CCOCC3)cc(C)n12)C1CCCCC1. The van der Waals surface area contributed by atoms with Gasteiger partial charge in [0.15, 0.2) is 0 Å². The van der Waals surface area contributed by atoms with Crippen LogP contribution >= 0.6 is 0 Å². The molecule has 0 aromatic carbocycles. The number of rotatable bonds is 5. The van der Waals surface area contributed by atoms with Crippen molar-refractivity contribution in [3.05, 3.63) is 29.1 Å². The van der Waals surface area contributed by atoms with Crippen LogP contribution in [-0.4, -0.2) is 46.5 Å². The highest BCUT2D eigenvalue weighted by atomic mass is 16.5. The normalized spacial score (nSPS) is 18.3. The van der Waals surface area contributed by atoms with Gasteiger partial charge in [-0.25, -0.2) is 4.98 Å². The first-order chi connectivity index (χ1) is 15.4. The Labute approximate surface area is 190 Å². The highest BCUT2D eigenvalue weighted by molar-refractivity contribution is 5.96.